The first-order chi connectivity index (χ1) is 17.5. The fourth-order valence-electron chi connectivity index (χ4n) is 5.79. The summed E-state index contributed by atoms with van der Waals surface area (Å²) in [5.41, 5.74) is -0.489. The number of benzene rings is 1. The molecular formula is C28H39FN2O6. The monoisotopic (exact) mass is 518 g/mol. The van der Waals surface area contributed by atoms with E-state index < -0.39 is 23.1 Å². The molecule has 37 heavy (non-hydrogen) atoms. The maximum absolute atomic E-state index is 14.8. The summed E-state index contributed by atoms with van der Waals surface area (Å²) in [6, 6.07) is 2.16. The van der Waals surface area contributed by atoms with Crippen molar-refractivity contribution < 1.29 is 33.4 Å². The van der Waals surface area contributed by atoms with Gasteiger partial charge in [0.15, 0.2) is 11.6 Å². The van der Waals surface area contributed by atoms with E-state index in [2.05, 4.69) is 17.6 Å². The summed E-state index contributed by atoms with van der Waals surface area (Å²) in [6.45, 7) is 4.55. The third kappa shape index (κ3) is 6.02. The minimum atomic E-state index is -0.836. The molecule has 1 aromatic rings. The third-order valence-corrected chi connectivity index (χ3v) is 8.76. The van der Waals surface area contributed by atoms with Gasteiger partial charge in [-0.2, -0.15) is 0 Å². The molecule has 2 amide bonds. The Morgan fingerprint density at radius 2 is 1.73 bits per heavy atom. The number of carbonyl (C=O) groups is 3. The van der Waals surface area contributed by atoms with Crippen LogP contribution in [0.5, 0.6) is 11.5 Å². The van der Waals surface area contributed by atoms with Crippen LogP contribution < -0.4 is 20.1 Å². The molecule has 3 N–H and O–H groups in total. The van der Waals surface area contributed by atoms with Gasteiger partial charge in [-0.05, 0) is 69.8 Å². The second kappa shape index (κ2) is 10.9. The van der Waals surface area contributed by atoms with Crippen LogP contribution in [0.15, 0.2) is 12.1 Å². The van der Waals surface area contributed by atoms with Crippen LogP contribution in [0.25, 0.3) is 0 Å². The fourth-order valence-corrected chi connectivity index (χ4v) is 5.79. The number of carboxylic acids is 1. The van der Waals surface area contributed by atoms with Gasteiger partial charge in [-0.25, -0.2) is 4.39 Å². The minimum Gasteiger partial charge on any atom is -0.496 e. The molecule has 0 unspecified atom stereocenters. The van der Waals surface area contributed by atoms with Gasteiger partial charge in [-0.3, -0.25) is 14.4 Å². The lowest BCUT2D eigenvalue weighted by Crippen LogP contribution is -2.47. The highest BCUT2D eigenvalue weighted by molar-refractivity contribution is 5.98. The zero-order chi connectivity index (χ0) is 26.8. The lowest BCUT2D eigenvalue weighted by atomic mass is 9.70. The number of ether oxygens (including phenoxy) is 2. The number of aliphatic carboxylic acids is 1. The molecule has 204 valence electrons. The van der Waals surface area contributed by atoms with E-state index in [-0.39, 0.29) is 46.4 Å². The van der Waals surface area contributed by atoms with Crippen molar-refractivity contribution in [2.45, 2.75) is 90.2 Å². The fraction of sp³-hybridized carbons (Fsp3) is 0.679. The van der Waals surface area contributed by atoms with Crippen molar-refractivity contribution in [1.82, 2.24) is 10.6 Å². The second-order valence-electron chi connectivity index (χ2n) is 11.7. The van der Waals surface area contributed by atoms with Crippen molar-refractivity contribution in [3.05, 3.63) is 23.5 Å². The Morgan fingerprint density at radius 1 is 1.03 bits per heavy atom. The molecule has 3 aliphatic rings. The first-order valence-corrected chi connectivity index (χ1v) is 13.4. The Kier molecular flexibility index (Phi) is 7.99. The maximum Gasteiger partial charge on any atom is 0.309 e. The summed E-state index contributed by atoms with van der Waals surface area (Å²) >= 11 is 0. The number of methoxy groups -OCH3 is 1. The molecule has 9 heteroatoms. The van der Waals surface area contributed by atoms with E-state index in [0.717, 1.165) is 25.3 Å². The summed E-state index contributed by atoms with van der Waals surface area (Å²) in [4.78, 5) is 37.7. The normalized spacial score (nSPS) is 28.6. The molecule has 3 aliphatic carbocycles. The van der Waals surface area contributed by atoms with Crippen LogP contribution in [-0.4, -0.2) is 48.7 Å². The summed E-state index contributed by atoms with van der Waals surface area (Å²) in [5, 5.41) is 15.5. The van der Waals surface area contributed by atoms with E-state index in [1.54, 1.807) is 6.92 Å². The number of nitrogens with one attached hydrogen (secondary N) is 2. The quantitative estimate of drug-likeness (QED) is 0.445. The zero-order valence-corrected chi connectivity index (χ0v) is 22.0. The Labute approximate surface area is 217 Å². The van der Waals surface area contributed by atoms with Crippen molar-refractivity contribution in [3.8, 4) is 11.5 Å². The van der Waals surface area contributed by atoms with Crippen LogP contribution in [0.1, 0.15) is 88.4 Å². The standard InChI is InChI=1S/C28H39FN2O6/c1-27(10-5-11-27)16-30-24(32)18-6-4-7-21(18)31-25(33)19-14-23(20(29)15-22(19)36-3)37-17-8-12-28(2,13-9-17)26(34)35/h14-15,17-18,21H,4-13,16H2,1-3H3,(H,30,32)(H,31,33)(H,34,35)/t17?,18-,21+,28?/m0/s1. The minimum absolute atomic E-state index is 0.0309. The van der Waals surface area contributed by atoms with Gasteiger partial charge in [0.05, 0.1) is 30.1 Å². The van der Waals surface area contributed by atoms with Gasteiger partial charge in [-0.1, -0.05) is 19.8 Å². The SMILES string of the molecule is COc1cc(F)c(OC2CCC(C)(C(=O)O)CC2)cc1C(=O)N[C@@H]1CCC[C@@H]1C(=O)NCC1(C)CCC1. The van der Waals surface area contributed by atoms with E-state index in [0.29, 0.717) is 45.1 Å². The largest absolute Gasteiger partial charge is 0.496 e. The number of hydrogen-bond donors (Lipinski definition) is 3. The number of amides is 2. The van der Waals surface area contributed by atoms with Crippen molar-refractivity contribution in [1.29, 1.82) is 0 Å². The molecule has 0 radical (unpaired) electrons. The van der Waals surface area contributed by atoms with Crippen LogP contribution >= 0.6 is 0 Å². The summed E-state index contributed by atoms with van der Waals surface area (Å²) in [7, 11) is 1.37. The van der Waals surface area contributed by atoms with Crippen LogP contribution in [-0.2, 0) is 9.59 Å². The number of hydrogen-bond acceptors (Lipinski definition) is 5. The predicted octanol–water partition coefficient (Wildman–Crippen LogP) is 4.45. The Hall–Kier alpha value is -2.84. The molecule has 3 fully saturated rings. The molecule has 3 saturated carbocycles. The summed E-state index contributed by atoms with van der Waals surface area (Å²) < 4.78 is 26.0. The summed E-state index contributed by atoms with van der Waals surface area (Å²) in [6.07, 6.45) is 7.16. The van der Waals surface area contributed by atoms with Crippen molar-refractivity contribution in [3.63, 3.8) is 0 Å². The molecule has 0 aliphatic heterocycles. The number of carboxylic acid groups (broad SMARTS) is 1. The topological polar surface area (TPSA) is 114 Å². The molecule has 8 nitrogen and oxygen atoms in total. The number of rotatable bonds is 9. The molecule has 4 rings (SSSR count). The first-order valence-electron chi connectivity index (χ1n) is 13.4. The van der Waals surface area contributed by atoms with Gasteiger partial charge >= 0.3 is 5.97 Å². The van der Waals surface area contributed by atoms with E-state index in [4.69, 9.17) is 9.47 Å². The van der Waals surface area contributed by atoms with E-state index >= 15 is 0 Å². The number of halogens is 1. The van der Waals surface area contributed by atoms with Gasteiger partial charge < -0.3 is 25.2 Å². The molecular weight excluding hydrogens is 479 g/mol. The third-order valence-electron chi connectivity index (χ3n) is 8.76. The van der Waals surface area contributed by atoms with Gasteiger partial charge in [0.2, 0.25) is 5.91 Å². The Bertz CT molecular complexity index is 1030. The van der Waals surface area contributed by atoms with E-state index in [9.17, 15) is 23.9 Å². The van der Waals surface area contributed by atoms with Gasteiger partial charge in [0.25, 0.3) is 5.91 Å². The van der Waals surface area contributed by atoms with Crippen LogP contribution in [0, 0.1) is 22.6 Å². The lowest BCUT2D eigenvalue weighted by Gasteiger charge is -2.38. The first kappa shape index (κ1) is 27.2. The second-order valence-corrected chi connectivity index (χ2v) is 11.7. The van der Waals surface area contributed by atoms with E-state index in [1.807, 2.05) is 0 Å². The van der Waals surface area contributed by atoms with Gasteiger partial charge in [-0.15, -0.1) is 0 Å². The summed E-state index contributed by atoms with van der Waals surface area (Å²) in [5.74, 6) is -2.25. The Morgan fingerprint density at radius 3 is 2.32 bits per heavy atom. The van der Waals surface area contributed by atoms with Crippen molar-refractivity contribution in [2.75, 3.05) is 13.7 Å². The maximum atomic E-state index is 14.8. The highest BCUT2D eigenvalue weighted by Gasteiger charge is 2.39. The highest BCUT2D eigenvalue weighted by atomic mass is 19.1. The van der Waals surface area contributed by atoms with Gasteiger partial charge in [0, 0.05) is 18.7 Å². The lowest BCUT2D eigenvalue weighted by molar-refractivity contribution is -0.150. The average Bonchev–Trinajstić information content (AvgIpc) is 3.31. The molecule has 0 spiro atoms. The average molecular weight is 519 g/mol. The smallest absolute Gasteiger partial charge is 0.309 e. The zero-order valence-electron chi connectivity index (χ0n) is 22.0. The van der Waals surface area contributed by atoms with Crippen molar-refractivity contribution in [2.24, 2.45) is 16.7 Å². The van der Waals surface area contributed by atoms with E-state index in [1.165, 1.54) is 19.6 Å². The number of carbonyl (C=O) groups excluding carboxylic acids is 2. The molecule has 0 heterocycles. The highest BCUT2D eigenvalue weighted by Crippen LogP contribution is 2.40. The molecule has 0 saturated heterocycles. The molecule has 1 aromatic carbocycles. The molecule has 0 aromatic heterocycles. The Balaban J connectivity index is 1.41. The van der Waals surface area contributed by atoms with Crippen LogP contribution in [0.3, 0.4) is 0 Å². The molecule has 0 bridgehead atoms. The van der Waals surface area contributed by atoms with Crippen LogP contribution in [0.2, 0.25) is 0 Å². The van der Waals surface area contributed by atoms with Crippen LogP contribution in [0.4, 0.5) is 4.39 Å². The molecule has 2 atom stereocenters. The van der Waals surface area contributed by atoms with Gasteiger partial charge in [0.1, 0.15) is 5.75 Å². The van der Waals surface area contributed by atoms with Crippen molar-refractivity contribution >= 4 is 17.8 Å². The predicted molar refractivity (Wildman–Crippen MR) is 135 cm³/mol.